The highest BCUT2D eigenvalue weighted by Gasteiger charge is 2.06. The molecule has 5 heteroatoms. The standard InChI is InChI=1S/C20H17ClN2O2/c1-13-11-15(5-10-20(13)25-2)19(24)9-8-17-12-18(23-22-17)14-3-6-16(21)7-4-14/h3-12H,1-2H3,(H,22,23)/b9-8+. The summed E-state index contributed by atoms with van der Waals surface area (Å²) in [6.45, 7) is 1.91. The molecule has 0 saturated heterocycles. The first-order valence-corrected chi connectivity index (χ1v) is 8.13. The summed E-state index contributed by atoms with van der Waals surface area (Å²) in [5, 5.41) is 7.85. The van der Waals surface area contributed by atoms with Crippen molar-refractivity contribution in [2.45, 2.75) is 6.92 Å². The molecule has 0 unspecified atom stereocenters. The Morgan fingerprint density at radius 2 is 1.92 bits per heavy atom. The van der Waals surface area contributed by atoms with E-state index in [2.05, 4.69) is 10.2 Å². The van der Waals surface area contributed by atoms with Gasteiger partial charge in [0.2, 0.25) is 0 Å². The molecule has 0 bridgehead atoms. The van der Waals surface area contributed by atoms with E-state index in [0.717, 1.165) is 28.3 Å². The summed E-state index contributed by atoms with van der Waals surface area (Å²) in [6.07, 6.45) is 3.24. The van der Waals surface area contributed by atoms with Gasteiger partial charge in [0.15, 0.2) is 5.78 Å². The van der Waals surface area contributed by atoms with Gasteiger partial charge in [-0.1, -0.05) is 23.7 Å². The molecule has 2 aromatic carbocycles. The van der Waals surface area contributed by atoms with Crippen LogP contribution in [0.15, 0.2) is 54.6 Å². The van der Waals surface area contributed by atoms with Crippen molar-refractivity contribution in [3.05, 3.63) is 76.5 Å². The molecule has 0 radical (unpaired) electrons. The lowest BCUT2D eigenvalue weighted by Crippen LogP contribution is -1.96. The van der Waals surface area contributed by atoms with Crippen molar-refractivity contribution >= 4 is 23.5 Å². The minimum atomic E-state index is -0.0756. The van der Waals surface area contributed by atoms with Crippen molar-refractivity contribution in [3.63, 3.8) is 0 Å². The van der Waals surface area contributed by atoms with Gasteiger partial charge in [0.05, 0.1) is 18.5 Å². The third kappa shape index (κ3) is 3.98. The second kappa shape index (κ2) is 7.36. The maximum atomic E-state index is 12.3. The molecule has 3 rings (SSSR count). The van der Waals surface area contributed by atoms with Gasteiger partial charge in [-0.25, -0.2) is 0 Å². The van der Waals surface area contributed by atoms with E-state index in [4.69, 9.17) is 16.3 Å². The van der Waals surface area contributed by atoms with Crippen molar-refractivity contribution in [2.75, 3.05) is 7.11 Å². The van der Waals surface area contributed by atoms with Crippen LogP contribution in [-0.4, -0.2) is 23.1 Å². The number of carbonyl (C=O) groups is 1. The Morgan fingerprint density at radius 1 is 1.16 bits per heavy atom. The minimum Gasteiger partial charge on any atom is -0.496 e. The van der Waals surface area contributed by atoms with E-state index in [0.29, 0.717) is 10.6 Å². The Hall–Kier alpha value is -2.85. The molecule has 0 atom stereocenters. The first-order chi connectivity index (χ1) is 12.1. The summed E-state index contributed by atoms with van der Waals surface area (Å²) >= 11 is 5.89. The molecule has 0 fully saturated rings. The molecule has 3 aromatic rings. The monoisotopic (exact) mass is 352 g/mol. The van der Waals surface area contributed by atoms with E-state index in [1.165, 1.54) is 6.08 Å². The molecule has 0 aliphatic rings. The lowest BCUT2D eigenvalue weighted by molar-refractivity contribution is 0.104. The first-order valence-electron chi connectivity index (χ1n) is 7.75. The molecule has 0 spiro atoms. The third-order valence-corrected chi connectivity index (χ3v) is 4.08. The average molecular weight is 353 g/mol. The van der Waals surface area contributed by atoms with E-state index < -0.39 is 0 Å². The minimum absolute atomic E-state index is 0.0756. The number of ether oxygens (including phenoxy) is 1. The van der Waals surface area contributed by atoms with Crippen LogP contribution in [-0.2, 0) is 0 Å². The zero-order valence-electron chi connectivity index (χ0n) is 13.9. The summed E-state index contributed by atoms with van der Waals surface area (Å²) in [5.74, 6) is 0.690. The van der Waals surface area contributed by atoms with Gasteiger partial charge in [0.1, 0.15) is 5.75 Å². The van der Waals surface area contributed by atoms with Crippen LogP contribution in [0.5, 0.6) is 5.75 Å². The van der Waals surface area contributed by atoms with Gasteiger partial charge in [-0.05, 0) is 61.0 Å². The topological polar surface area (TPSA) is 55.0 Å². The molecule has 1 heterocycles. The highest BCUT2D eigenvalue weighted by atomic mass is 35.5. The van der Waals surface area contributed by atoms with Gasteiger partial charge in [0, 0.05) is 16.1 Å². The predicted octanol–water partition coefficient (Wildman–Crippen LogP) is 4.94. The van der Waals surface area contributed by atoms with E-state index >= 15 is 0 Å². The summed E-state index contributed by atoms with van der Waals surface area (Å²) in [7, 11) is 1.61. The van der Waals surface area contributed by atoms with Crippen molar-refractivity contribution in [2.24, 2.45) is 0 Å². The van der Waals surface area contributed by atoms with Crippen LogP contribution in [0.3, 0.4) is 0 Å². The van der Waals surface area contributed by atoms with Crippen molar-refractivity contribution < 1.29 is 9.53 Å². The SMILES string of the molecule is COc1ccc(C(=O)/C=C/c2cc(-c3ccc(Cl)cc3)n[nH]2)cc1C. The van der Waals surface area contributed by atoms with E-state index in [-0.39, 0.29) is 5.78 Å². The molecular weight excluding hydrogens is 336 g/mol. The number of H-pyrrole nitrogens is 1. The molecule has 0 aliphatic carbocycles. The lowest BCUT2D eigenvalue weighted by Gasteiger charge is -2.05. The number of nitrogens with one attached hydrogen (secondary N) is 1. The normalized spacial score (nSPS) is 11.0. The predicted molar refractivity (Wildman–Crippen MR) is 100 cm³/mol. The third-order valence-electron chi connectivity index (χ3n) is 3.83. The fourth-order valence-corrected chi connectivity index (χ4v) is 2.61. The number of ketones is 1. The fourth-order valence-electron chi connectivity index (χ4n) is 2.48. The molecule has 25 heavy (non-hydrogen) atoms. The lowest BCUT2D eigenvalue weighted by atomic mass is 10.1. The van der Waals surface area contributed by atoms with Gasteiger partial charge >= 0.3 is 0 Å². The van der Waals surface area contributed by atoms with Crippen LogP contribution in [0.2, 0.25) is 5.02 Å². The van der Waals surface area contributed by atoms with Crippen molar-refractivity contribution in [1.82, 2.24) is 10.2 Å². The summed E-state index contributed by atoms with van der Waals surface area (Å²) in [6, 6.07) is 14.7. The molecule has 0 amide bonds. The molecule has 4 nitrogen and oxygen atoms in total. The van der Waals surface area contributed by atoms with Gasteiger partial charge in [-0.2, -0.15) is 5.10 Å². The Morgan fingerprint density at radius 3 is 2.60 bits per heavy atom. The Balaban J connectivity index is 1.75. The van der Waals surface area contributed by atoms with Gasteiger partial charge < -0.3 is 4.74 Å². The first kappa shape index (κ1) is 17.0. The zero-order valence-corrected chi connectivity index (χ0v) is 14.7. The van der Waals surface area contributed by atoms with Crippen LogP contribution in [0.25, 0.3) is 17.3 Å². The average Bonchev–Trinajstić information content (AvgIpc) is 3.09. The van der Waals surface area contributed by atoms with Crippen LogP contribution in [0.1, 0.15) is 21.6 Å². The Labute approximate surface area is 151 Å². The van der Waals surface area contributed by atoms with Crippen LogP contribution < -0.4 is 4.74 Å². The number of carbonyl (C=O) groups excluding carboxylic acids is 1. The molecule has 0 saturated carbocycles. The number of nitrogens with zero attached hydrogens (tertiary/aromatic N) is 1. The van der Waals surface area contributed by atoms with Crippen LogP contribution in [0, 0.1) is 6.92 Å². The molecule has 1 N–H and O–H groups in total. The second-order valence-corrected chi connectivity index (χ2v) is 6.03. The van der Waals surface area contributed by atoms with Crippen molar-refractivity contribution in [1.29, 1.82) is 0 Å². The number of aromatic amines is 1. The summed E-state index contributed by atoms with van der Waals surface area (Å²) in [4.78, 5) is 12.3. The number of allylic oxidation sites excluding steroid dienone is 1. The number of hydrogen-bond acceptors (Lipinski definition) is 3. The number of benzene rings is 2. The number of methoxy groups -OCH3 is 1. The summed E-state index contributed by atoms with van der Waals surface area (Å²) < 4.78 is 5.21. The second-order valence-electron chi connectivity index (χ2n) is 5.60. The quantitative estimate of drug-likeness (QED) is 0.522. The zero-order chi connectivity index (χ0) is 17.8. The molecule has 126 valence electrons. The molecule has 1 aromatic heterocycles. The maximum Gasteiger partial charge on any atom is 0.185 e. The maximum absolute atomic E-state index is 12.3. The highest BCUT2D eigenvalue weighted by molar-refractivity contribution is 6.30. The van der Waals surface area contributed by atoms with E-state index in [1.807, 2.05) is 43.3 Å². The highest BCUT2D eigenvalue weighted by Crippen LogP contribution is 2.21. The van der Waals surface area contributed by atoms with E-state index in [9.17, 15) is 4.79 Å². The van der Waals surface area contributed by atoms with Crippen molar-refractivity contribution in [3.8, 4) is 17.0 Å². The number of hydrogen-bond donors (Lipinski definition) is 1. The molecule has 0 aliphatic heterocycles. The Bertz CT molecular complexity index is 927. The van der Waals surface area contributed by atoms with E-state index in [1.54, 1.807) is 25.3 Å². The largest absolute Gasteiger partial charge is 0.496 e. The van der Waals surface area contributed by atoms with Gasteiger partial charge in [-0.3, -0.25) is 9.89 Å². The molecular formula is C20H17ClN2O2. The summed E-state index contributed by atoms with van der Waals surface area (Å²) in [5.41, 5.74) is 4.05. The van der Waals surface area contributed by atoms with Gasteiger partial charge in [0.25, 0.3) is 0 Å². The number of halogens is 1. The van der Waals surface area contributed by atoms with Crippen LogP contribution >= 0.6 is 11.6 Å². The number of aryl methyl sites for hydroxylation is 1. The number of aromatic nitrogens is 2. The fraction of sp³-hybridized carbons (Fsp3) is 0.100. The van der Waals surface area contributed by atoms with Gasteiger partial charge in [-0.15, -0.1) is 0 Å². The number of rotatable bonds is 5. The Kier molecular flexibility index (Phi) is 5.00. The smallest absolute Gasteiger partial charge is 0.185 e. The van der Waals surface area contributed by atoms with Crippen LogP contribution in [0.4, 0.5) is 0 Å².